The van der Waals surface area contributed by atoms with Crippen molar-refractivity contribution in [2.24, 2.45) is 0 Å². The molecule has 1 heterocycles. The van der Waals surface area contributed by atoms with E-state index in [1.807, 2.05) is 37.3 Å². The third-order valence-corrected chi connectivity index (χ3v) is 5.44. The summed E-state index contributed by atoms with van der Waals surface area (Å²) in [5, 5.41) is 2.71. The maximum Gasteiger partial charge on any atom is 0.282 e. The van der Waals surface area contributed by atoms with Gasteiger partial charge in [-0.3, -0.25) is 14.4 Å². The highest BCUT2D eigenvalue weighted by molar-refractivity contribution is 6.46. The molecule has 1 N–H and O–H groups in total. The van der Waals surface area contributed by atoms with E-state index in [2.05, 4.69) is 5.32 Å². The van der Waals surface area contributed by atoms with Gasteiger partial charge in [0.15, 0.2) is 0 Å². The molecule has 7 nitrogen and oxygen atoms in total. The smallest absolute Gasteiger partial charge is 0.282 e. The molecule has 0 saturated carbocycles. The van der Waals surface area contributed by atoms with Crippen molar-refractivity contribution in [3.63, 3.8) is 0 Å². The van der Waals surface area contributed by atoms with Crippen LogP contribution in [0.2, 0.25) is 0 Å². The Morgan fingerprint density at radius 3 is 2.21 bits per heavy atom. The van der Waals surface area contributed by atoms with E-state index in [4.69, 9.17) is 4.74 Å². The highest BCUT2D eigenvalue weighted by Crippen LogP contribution is 2.39. The number of carbonyl (C=O) groups excluding carboxylic acids is 3. The Bertz CT molecular complexity index is 1270. The van der Waals surface area contributed by atoms with Gasteiger partial charge < -0.3 is 15.0 Å². The van der Waals surface area contributed by atoms with Crippen LogP contribution in [0.15, 0.2) is 84.6 Å². The van der Waals surface area contributed by atoms with E-state index in [1.165, 1.54) is 6.92 Å². The van der Waals surface area contributed by atoms with Crippen LogP contribution in [0.25, 0.3) is 5.57 Å². The van der Waals surface area contributed by atoms with Crippen molar-refractivity contribution >= 4 is 40.4 Å². The molecule has 3 aromatic carbocycles. The summed E-state index contributed by atoms with van der Waals surface area (Å²) in [5.74, 6) is -0.621. The van der Waals surface area contributed by atoms with Crippen LogP contribution in [0.3, 0.4) is 0 Å². The summed E-state index contributed by atoms with van der Waals surface area (Å²) < 4.78 is 5.70. The third kappa shape index (κ3) is 4.28. The van der Waals surface area contributed by atoms with Crippen LogP contribution in [0.1, 0.15) is 19.4 Å². The molecule has 0 radical (unpaired) electrons. The van der Waals surface area contributed by atoms with Crippen LogP contribution < -0.4 is 19.9 Å². The van der Waals surface area contributed by atoms with Gasteiger partial charge in [0.1, 0.15) is 11.4 Å². The summed E-state index contributed by atoms with van der Waals surface area (Å²) in [6, 6.07) is 23.2. The number of carbonyl (C=O) groups is 3. The topological polar surface area (TPSA) is 79.0 Å². The predicted octanol–water partition coefficient (Wildman–Crippen LogP) is 4.46. The van der Waals surface area contributed by atoms with Crippen molar-refractivity contribution in [1.29, 1.82) is 0 Å². The Hall–Kier alpha value is -4.39. The Balaban J connectivity index is 1.84. The first kappa shape index (κ1) is 22.8. The number of likely N-dealkylation sites (N-methyl/N-ethyl adjacent to an activating group) is 1. The van der Waals surface area contributed by atoms with Crippen molar-refractivity contribution in [3.8, 4) is 5.75 Å². The minimum atomic E-state index is -0.442. The molecule has 0 aromatic heterocycles. The lowest BCUT2D eigenvalue weighted by molar-refractivity contribution is -0.120. The number of imide groups is 1. The van der Waals surface area contributed by atoms with Gasteiger partial charge in [0, 0.05) is 25.3 Å². The van der Waals surface area contributed by atoms with Gasteiger partial charge in [-0.05, 0) is 48.9 Å². The van der Waals surface area contributed by atoms with E-state index in [9.17, 15) is 14.4 Å². The molecule has 3 amide bonds. The number of nitrogens with zero attached hydrogens (tertiary/aromatic N) is 2. The average molecular weight is 456 g/mol. The number of anilines is 3. The van der Waals surface area contributed by atoms with Crippen LogP contribution in [-0.2, 0) is 14.4 Å². The number of rotatable bonds is 7. The Morgan fingerprint density at radius 2 is 1.56 bits per heavy atom. The Kier molecular flexibility index (Phi) is 6.45. The number of amides is 3. The molecular weight excluding hydrogens is 430 g/mol. The third-order valence-electron chi connectivity index (χ3n) is 5.44. The molecule has 0 unspecified atom stereocenters. The van der Waals surface area contributed by atoms with E-state index in [-0.39, 0.29) is 17.2 Å². The zero-order valence-electron chi connectivity index (χ0n) is 19.2. The van der Waals surface area contributed by atoms with Crippen LogP contribution in [0.5, 0.6) is 5.75 Å². The van der Waals surface area contributed by atoms with Crippen molar-refractivity contribution < 1.29 is 19.1 Å². The van der Waals surface area contributed by atoms with Gasteiger partial charge in [-0.1, -0.05) is 42.5 Å². The molecule has 0 atom stereocenters. The zero-order chi connectivity index (χ0) is 24.2. The van der Waals surface area contributed by atoms with Crippen molar-refractivity contribution in [2.45, 2.75) is 13.8 Å². The molecule has 0 fully saturated rings. The number of ether oxygens (including phenoxy) is 1. The van der Waals surface area contributed by atoms with E-state index >= 15 is 0 Å². The highest BCUT2D eigenvalue weighted by Gasteiger charge is 2.43. The predicted molar refractivity (Wildman–Crippen MR) is 133 cm³/mol. The Morgan fingerprint density at radius 1 is 0.912 bits per heavy atom. The summed E-state index contributed by atoms with van der Waals surface area (Å²) >= 11 is 0. The van der Waals surface area contributed by atoms with Crippen LogP contribution in [0, 0.1) is 0 Å². The lowest BCUT2D eigenvalue weighted by atomic mass is 10.0. The molecule has 3 aromatic rings. The molecule has 0 saturated heterocycles. The van der Waals surface area contributed by atoms with Gasteiger partial charge >= 0.3 is 0 Å². The standard InChI is InChI=1S/C27H25N3O4/c1-4-34-23-13-9-8-12-22(23)30-26(32)24(19-14-16-20(17-15-19)28-18(2)31)25(27(30)33)29(3)21-10-6-5-7-11-21/h5-17H,4H2,1-3H3,(H,28,31). The van der Waals surface area contributed by atoms with Gasteiger partial charge in [-0.15, -0.1) is 0 Å². The maximum atomic E-state index is 13.8. The lowest BCUT2D eigenvalue weighted by Crippen LogP contribution is -2.34. The quantitative estimate of drug-likeness (QED) is 0.532. The molecule has 1 aliphatic heterocycles. The molecule has 1 aliphatic rings. The number of hydrogen-bond acceptors (Lipinski definition) is 5. The molecule has 0 aliphatic carbocycles. The van der Waals surface area contributed by atoms with Gasteiger partial charge in [0.25, 0.3) is 11.8 Å². The zero-order valence-corrected chi connectivity index (χ0v) is 19.2. The molecular formula is C27H25N3O4. The summed E-state index contributed by atoms with van der Waals surface area (Å²) in [5.41, 5.74) is 2.87. The van der Waals surface area contributed by atoms with Gasteiger partial charge in [0.2, 0.25) is 5.91 Å². The van der Waals surface area contributed by atoms with E-state index in [0.29, 0.717) is 29.3 Å². The number of para-hydroxylation sites is 3. The molecule has 172 valence electrons. The monoisotopic (exact) mass is 455 g/mol. The number of benzene rings is 3. The fraction of sp³-hybridized carbons (Fsp3) is 0.148. The van der Waals surface area contributed by atoms with E-state index in [1.54, 1.807) is 60.5 Å². The molecule has 34 heavy (non-hydrogen) atoms. The minimum Gasteiger partial charge on any atom is -0.492 e. The largest absolute Gasteiger partial charge is 0.492 e. The number of hydrogen-bond donors (Lipinski definition) is 1. The van der Waals surface area contributed by atoms with Crippen LogP contribution in [0.4, 0.5) is 17.1 Å². The first-order valence-corrected chi connectivity index (χ1v) is 10.9. The molecule has 4 rings (SSSR count). The Labute approximate surface area is 198 Å². The second-order valence-corrected chi connectivity index (χ2v) is 7.72. The lowest BCUT2D eigenvalue weighted by Gasteiger charge is -2.22. The summed E-state index contributed by atoms with van der Waals surface area (Å²) in [6.07, 6.45) is 0. The maximum absolute atomic E-state index is 13.8. The van der Waals surface area contributed by atoms with Gasteiger partial charge in [0.05, 0.1) is 17.9 Å². The molecule has 7 heteroatoms. The van der Waals surface area contributed by atoms with Gasteiger partial charge in [-0.25, -0.2) is 4.90 Å². The first-order valence-electron chi connectivity index (χ1n) is 10.9. The minimum absolute atomic E-state index is 0.192. The normalized spacial score (nSPS) is 13.3. The fourth-order valence-electron chi connectivity index (χ4n) is 3.93. The van der Waals surface area contributed by atoms with Crippen molar-refractivity contribution in [1.82, 2.24) is 0 Å². The summed E-state index contributed by atoms with van der Waals surface area (Å²) in [7, 11) is 1.76. The van der Waals surface area contributed by atoms with Gasteiger partial charge in [-0.2, -0.15) is 0 Å². The second kappa shape index (κ2) is 9.62. The van der Waals surface area contributed by atoms with E-state index < -0.39 is 11.8 Å². The van der Waals surface area contributed by atoms with Crippen LogP contribution >= 0.6 is 0 Å². The highest BCUT2D eigenvalue weighted by atomic mass is 16.5. The SMILES string of the molecule is CCOc1ccccc1N1C(=O)C(c2ccc(NC(C)=O)cc2)=C(N(C)c2ccccc2)C1=O. The van der Waals surface area contributed by atoms with Crippen molar-refractivity contribution in [3.05, 3.63) is 90.1 Å². The van der Waals surface area contributed by atoms with Crippen molar-refractivity contribution in [2.75, 3.05) is 28.8 Å². The summed E-state index contributed by atoms with van der Waals surface area (Å²) in [6.45, 7) is 3.67. The molecule has 0 bridgehead atoms. The fourth-order valence-corrected chi connectivity index (χ4v) is 3.93. The van der Waals surface area contributed by atoms with Crippen LogP contribution in [-0.4, -0.2) is 31.4 Å². The number of nitrogens with one attached hydrogen (secondary N) is 1. The molecule has 0 spiro atoms. The first-order chi connectivity index (χ1) is 16.4. The van der Waals surface area contributed by atoms with E-state index in [0.717, 1.165) is 10.6 Å². The summed E-state index contributed by atoms with van der Waals surface area (Å²) in [4.78, 5) is 41.8. The second-order valence-electron chi connectivity index (χ2n) is 7.72. The average Bonchev–Trinajstić information content (AvgIpc) is 3.10.